The van der Waals surface area contributed by atoms with Crippen LogP contribution in [0.1, 0.15) is 53.4 Å². The molecule has 0 radical (unpaired) electrons. The second kappa shape index (κ2) is 11.5. The van der Waals surface area contributed by atoms with Gasteiger partial charge in [-0.25, -0.2) is 0 Å². The summed E-state index contributed by atoms with van der Waals surface area (Å²) in [6.07, 6.45) is 4.74. The van der Waals surface area contributed by atoms with Crippen molar-refractivity contribution in [2.75, 3.05) is 0 Å². The monoisotopic (exact) mass is 144 g/mol. The third-order valence-electron chi connectivity index (χ3n) is 1.20. The van der Waals surface area contributed by atoms with Gasteiger partial charge in [-0.3, -0.25) is 0 Å². The van der Waals surface area contributed by atoms with Crippen LogP contribution in [0.5, 0.6) is 0 Å². The van der Waals surface area contributed by atoms with E-state index in [0.29, 0.717) is 6.42 Å². The molecule has 0 saturated carbocycles. The Hall–Kier alpha value is -0.330. The summed E-state index contributed by atoms with van der Waals surface area (Å²) in [5.74, 6) is 0.255. The summed E-state index contributed by atoms with van der Waals surface area (Å²) in [6.45, 7) is 7.86. The van der Waals surface area contributed by atoms with Crippen molar-refractivity contribution in [3.05, 3.63) is 0 Å². The van der Waals surface area contributed by atoms with E-state index in [-0.39, 0.29) is 5.78 Å². The maximum absolute atomic E-state index is 9.81. The number of unbranched alkanes of at least 4 members (excludes halogenated alkanes) is 2. The molecule has 0 aliphatic carbocycles. The van der Waals surface area contributed by atoms with Crippen molar-refractivity contribution in [3.63, 3.8) is 0 Å². The lowest BCUT2D eigenvalue weighted by molar-refractivity contribution is -0.116. The number of carbonyl (C=O) groups is 1. The van der Waals surface area contributed by atoms with Crippen LogP contribution in [0.15, 0.2) is 0 Å². The van der Waals surface area contributed by atoms with E-state index in [1.165, 1.54) is 19.3 Å². The van der Waals surface area contributed by atoms with Gasteiger partial charge in [0.05, 0.1) is 0 Å². The average Bonchev–Trinajstić information content (AvgIpc) is 1.91. The van der Waals surface area contributed by atoms with E-state index in [1.807, 2.05) is 6.92 Å². The highest BCUT2D eigenvalue weighted by atomic mass is 16.1. The smallest absolute Gasteiger partial charge is 0.129 e. The summed E-state index contributed by atoms with van der Waals surface area (Å²) in [6, 6.07) is 0. The third kappa shape index (κ3) is 25.3. The molecule has 10 heavy (non-hydrogen) atoms. The SMILES string of the molecule is CCC(C)=O.CCCCC. The van der Waals surface area contributed by atoms with Crippen molar-refractivity contribution < 1.29 is 4.79 Å². The zero-order valence-corrected chi connectivity index (χ0v) is 7.74. The number of hydrogen-bond donors (Lipinski definition) is 0. The van der Waals surface area contributed by atoms with Crippen LogP contribution in [0, 0.1) is 0 Å². The van der Waals surface area contributed by atoms with Gasteiger partial charge in [-0.1, -0.05) is 40.0 Å². The summed E-state index contributed by atoms with van der Waals surface area (Å²) in [5.41, 5.74) is 0. The molecule has 0 aliphatic rings. The van der Waals surface area contributed by atoms with Gasteiger partial charge in [-0.2, -0.15) is 0 Å². The Labute approximate surface area is 64.8 Å². The Kier molecular flexibility index (Phi) is 14.2. The van der Waals surface area contributed by atoms with Gasteiger partial charge >= 0.3 is 0 Å². The molecule has 0 fully saturated rings. The molecule has 0 aromatic heterocycles. The summed E-state index contributed by atoms with van der Waals surface area (Å²) in [4.78, 5) is 9.81. The van der Waals surface area contributed by atoms with Gasteiger partial charge in [0, 0.05) is 6.42 Å². The molecule has 0 spiro atoms. The molecule has 1 heteroatoms. The van der Waals surface area contributed by atoms with Crippen LogP contribution in [0.25, 0.3) is 0 Å². The van der Waals surface area contributed by atoms with E-state index in [9.17, 15) is 4.79 Å². The predicted octanol–water partition coefficient (Wildman–Crippen LogP) is 3.18. The molecule has 0 unspecified atom stereocenters. The van der Waals surface area contributed by atoms with Crippen LogP contribution in [0.2, 0.25) is 0 Å². The highest BCUT2D eigenvalue weighted by Gasteiger charge is 1.76. The molecule has 1 nitrogen and oxygen atoms in total. The fourth-order valence-electron chi connectivity index (χ4n) is 0.354. The maximum Gasteiger partial charge on any atom is 0.129 e. The molecule has 0 atom stereocenters. The molecule has 0 bridgehead atoms. The molecule has 0 aromatic carbocycles. The first kappa shape index (κ1) is 12.4. The second-order valence-corrected chi connectivity index (χ2v) is 2.41. The minimum atomic E-state index is 0.255. The first-order chi connectivity index (χ1) is 4.68. The maximum atomic E-state index is 9.81. The summed E-state index contributed by atoms with van der Waals surface area (Å²) in [5, 5.41) is 0. The first-order valence-electron chi connectivity index (χ1n) is 4.18. The minimum Gasteiger partial charge on any atom is -0.300 e. The van der Waals surface area contributed by atoms with Crippen LogP contribution in [0.3, 0.4) is 0 Å². The van der Waals surface area contributed by atoms with Crippen LogP contribution < -0.4 is 0 Å². The Balaban J connectivity index is 0. The molecule has 0 aliphatic heterocycles. The Bertz CT molecular complexity index is 65.1. The summed E-state index contributed by atoms with van der Waals surface area (Å²) >= 11 is 0. The molecular weight excluding hydrogens is 124 g/mol. The van der Waals surface area contributed by atoms with Crippen molar-refractivity contribution in [1.29, 1.82) is 0 Å². The summed E-state index contributed by atoms with van der Waals surface area (Å²) in [7, 11) is 0. The van der Waals surface area contributed by atoms with Crippen LogP contribution >= 0.6 is 0 Å². The van der Waals surface area contributed by atoms with Crippen molar-refractivity contribution in [1.82, 2.24) is 0 Å². The van der Waals surface area contributed by atoms with Crippen molar-refractivity contribution in [2.45, 2.75) is 53.4 Å². The number of carbonyl (C=O) groups excluding carboxylic acids is 1. The molecule has 0 amide bonds. The highest BCUT2D eigenvalue weighted by Crippen LogP contribution is 1.88. The first-order valence-corrected chi connectivity index (χ1v) is 4.18. The van der Waals surface area contributed by atoms with Gasteiger partial charge in [0.25, 0.3) is 0 Å². The van der Waals surface area contributed by atoms with E-state index in [1.54, 1.807) is 6.92 Å². The molecule has 0 rings (SSSR count). The van der Waals surface area contributed by atoms with Crippen LogP contribution in [-0.4, -0.2) is 5.78 Å². The Morgan fingerprint density at radius 3 is 1.40 bits per heavy atom. The minimum absolute atomic E-state index is 0.255. The van der Waals surface area contributed by atoms with E-state index in [0.717, 1.165) is 0 Å². The van der Waals surface area contributed by atoms with Crippen molar-refractivity contribution in [2.24, 2.45) is 0 Å². The fourth-order valence-corrected chi connectivity index (χ4v) is 0.354. The molecule has 0 aromatic rings. The van der Waals surface area contributed by atoms with E-state index in [4.69, 9.17) is 0 Å². The molecular formula is C9H20O. The highest BCUT2D eigenvalue weighted by molar-refractivity contribution is 5.74. The Morgan fingerprint density at radius 2 is 1.40 bits per heavy atom. The number of rotatable bonds is 3. The molecule has 62 valence electrons. The topological polar surface area (TPSA) is 17.1 Å². The molecule has 0 saturated heterocycles. The Morgan fingerprint density at radius 1 is 1.10 bits per heavy atom. The van der Waals surface area contributed by atoms with Gasteiger partial charge in [0.2, 0.25) is 0 Å². The van der Waals surface area contributed by atoms with Crippen molar-refractivity contribution >= 4 is 5.78 Å². The fraction of sp³-hybridized carbons (Fsp3) is 0.889. The third-order valence-corrected chi connectivity index (χ3v) is 1.20. The van der Waals surface area contributed by atoms with Gasteiger partial charge < -0.3 is 4.79 Å². The number of ketones is 1. The largest absolute Gasteiger partial charge is 0.300 e. The lowest BCUT2D eigenvalue weighted by Gasteiger charge is -1.79. The summed E-state index contributed by atoms with van der Waals surface area (Å²) < 4.78 is 0. The zero-order chi connectivity index (χ0) is 8.41. The zero-order valence-electron chi connectivity index (χ0n) is 7.74. The van der Waals surface area contributed by atoms with E-state index in [2.05, 4.69) is 13.8 Å². The lowest BCUT2D eigenvalue weighted by atomic mass is 10.3. The average molecular weight is 144 g/mol. The predicted molar refractivity (Wildman–Crippen MR) is 46.2 cm³/mol. The van der Waals surface area contributed by atoms with E-state index < -0.39 is 0 Å². The quantitative estimate of drug-likeness (QED) is 0.594. The molecule has 0 heterocycles. The van der Waals surface area contributed by atoms with Gasteiger partial charge in [-0.15, -0.1) is 0 Å². The van der Waals surface area contributed by atoms with Crippen LogP contribution in [0.4, 0.5) is 0 Å². The molecule has 0 N–H and O–H groups in total. The second-order valence-electron chi connectivity index (χ2n) is 2.41. The van der Waals surface area contributed by atoms with Gasteiger partial charge in [-0.05, 0) is 6.92 Å². The van der Waals surface area contributed by atoms with Gasteiger partial charge in [0.1, 0.15) is 5.78 Å². The standard InChI is InChI=1S/C5H12.C4H8O/c1-3-5-4-2;1-3-4(2)5/h3-5H2,1-2H3;3H2,1-2H3. The normalized spacial score (nSPS) is 8.00. The van der Waals surface area contributed by atoms with Gasteiger partial charge in [0.15, 0.2) is 0 Å². The van der Waals surface area contributed by atoms with Crippen molar-refractivity contribution in [3.8, 4) is 0 Å². The van der Waals surface area contributed by atoms with Crippen LogP contribution in [-0.2, 0) is 4.79 Å². The lowest BCUT2D eigenvalue weighted by Crippen LogP contribution is -1.80. The number of hydrogen-bond acceptors (Lipinski definition) is 1. The number of Topliss-reactive ketones (excluding diaryl/α,β-unsaturated/α-hetero) is 1. The van der Waals surface area contributed by atoms with E-state index >= 15 is 0 Å².